The Kier molecular flexibility index (Phi) is 26.6. The zero-order valence-electron chi connectivity index (χ0n) is 59.8. The van der Waals surface area contributed by atoms with Crippen LogP contribution in [0.25, 0.3) is 0 Å². The van der Waals surface area contributed by atoms with Crippen molar-refractivity contribution in [2.45, 2.75) is 135 Å². The van der Waals surface area contributed by atoms with E-state index in [-0.39, 0.29) is 140 Å². The molecule has 6 heterocycles. The smallest absolute Gasteiger partial charge is 0.202 e. The third-order valence-corrected chi connectivity index (χ3v) is 23.2. The summed E-state index contributed by atoms with van der Waals surface area (Å²) in [6.45, 7) is 0.935. The number of rotatable bonds is 43. The molecule has 101 heavy (non-hydrogen) atoms. The fraction of sp³-hybridized carbons (Fsp3) is 0.383. The Morgan fingerprint density at radius 3 is 0.990 bits per heavy atom. The summed E-state index contributed by atoms with van der Waals surface area (Å²) in [5.41, 5.74) is 5.12. The molecule has 0 radical (unpaired) electrons. The molecule has 0 fully saturated rings. The second-order valence-corrected chi connectivity index (χ2v) is 30.9. The number of ketones is 10. The molecule has 0 saturated carbocycles. The van der Waals surface area contributed by atoms with Crippen molar-refractivity contribution in [3.05, 3.63) is 221 Å². The molecule has 0 N–H and O–H groups in total. The normalized spacial score (nSPS) is 11.6. The number of nitrogens with zero attached hydrogens (tertiary/aromatic N) is 9. The highest BCUT2D eigenvalue weighted by molar-refractivity contribution is 7.95. The Labute approximate surface area is 592 Å². The number of unbranched alkanes of at least 4 members (excludes halogenated alkanes) is 2. The van der Waals surface area contributed by atoms with E-state index in [0.717, 1.165) is 38.4 Å². The molecule has 0 aliphatic carbocycles. The first-order valence-electron chi connectivity index (χ1n) is 35.1. The summed E-state index contributed by atoms with van der Waals surface area (Å²) in [5.74, 6) is -0.748. The van der Waals surface area contributed by atoms with Gasteiger partial charge in [0.05, 0.1) is 53.2 Å². The maximum atomic E-state index is 13.7. The van der Waals surface area contributed by atoms with E-state index in [1.165, 1.54) is 15.9 Å². The second kappa shape index (κ2) is 35.6. The van der Waals surface area contributed by atoms with Crippen LogP contribution in [0.4, 0.5) is 0 Å². The van der Waals surface area contributed by atoms with Crippen LogP contribution in [-0.4, -0.2) is 127 Å². The maximum Gasteiger partial charge on any atom is 0.202 e. The summed E-state index contributed by atoms with van der Waals surface area (Å²) < 4.78 is 9.93. The van der Waals surface area contributed by atoms with E-state index in [4.69, 9.17) is 0 Å². The van der Waals surface area contributed by atoms with Crippen LogP contribution in [0.5, 0.6) is 0 Å². The molecule has 19 nitrogen and oxygen atoms in total. The van der Waals surface area contributed by atoms with Crippen molar-refractivity contribution in [3.8, 4) is 0 Å². The van der Waals surface area contributed by atoms with Gasteiger partial charge in [-0.15, -0.1) is 0 Å². The van der Waals surface area contributed by atoms with Crippen LogP contribution in [0, 0.1) is 0 Å². The van der Waals surface area contributed by atoms with Crippen molar-refractivity contribution in [2.75, 3.05) is 26.8 Å². The molecule has 0 atom stereocenters. The van der Waals surface area contributed by atoms with Gasteiger partial charge in [0.25, 0.3) is 0 Å². The van der Waals surface area contributed by atoms with Gasteiger partial charge in [-0.05, 0) is 149 Å². The van der Waals surface area contributed by atoms with Gasteiger partial charge in [-0.2, -0.15) is 0 Å². The lowest BCUT2D eigenvalue weighted by molar-refractivity contribution is -0.121. The molecule has 0 aliphatic rings. The highest BCUT2D eigenvalue weighted by atomic mass is 31.2. The molecule has 528 valence electrons. The van der Waals surface area contributed by atoms with Crippen LogP contribution in [0.2, 0.25) is 0 Å². The lowest BCUT2D eigenvalue weighted by atomic mass is 10.0. The molecule has 3 aromatic carbocycles. The van der Waals surface area contributed by atoms with Gasteiger partial charge < -0.3 is 32.3 Å². The highest BCUT2D eigenvalue weighted by Gasteiger charge is 2.44. The standard InChI is InChI=1S/C81H95N9O10P/c1-84(2)39-20-18-25-63(91)28-23-37-74(95)70-41-57(51-85(70)3)45-76(97)72-44-60(54-87(72)5)48-79(100)81-83-62(56-90(81)8)50-66(94)30-24-38-75(96)71-42-58(52-86(71)4)46-77(98)73-43-59(53-88(73)6)47-78(99)80-82-61(55-89(80)7)49-65(93)29-22-27-64(92)26-19-21-40-101(67-31-12-9-13-32-67,68-33-14-10-15-34-68)69-35-16-11-17-36-69/h9-17,31-36,41-44,51-56H,18-30,37-40,45-50H2,1-8H3/q+1. The predicted octanol–water partition coefficient (Wildman–Crippen LogP) is 11.0. The number of imidazole rings is 2. The van der Waals surface area contributed by atoms with E-state index in [2.05, 4.69) is 87.7 Å². The fourth-order valence-corrected chi connectivity index (χ4v) is 18.0. The molecular weight excluding hydrogens is 1290 g/mol. The van der Waals surface area contributed by atoms with Crippen molar-refractivity contribution in [2.24, 2.45) is 42.3 Å². The lowest BCUT2D eigenvalue weighted by Gasteiger charge is -2.27. The zero-order valence-corrected chi connectivity index (χ0v) is 60.6. The van der Waals surface area contributed by atoms with E-state index in [1.807, 2.05) is 32.3 Å². The number of benzene rings is 3. The minimum absolute atomic E-state index is 0.00361. The summed E-state index contributed by atoms with van der Waals surface area (Å²) in [6.07, 6.45) is 18.2. The van der Waals surface area contributed by atoms with Gasteiger partial charge in [-0.3, -0.25) is 47.9 Å². The van der Waals surface area contributed by atoms with Gasteiger partial charge in [-0.1, -0.05) is 54.6 Å². The monoisotopic (exact) mass is 1380 g/mol. The quantitative estimate of drug-likeness (QED) is 0.0197. The third-order valence-electron chi connectivity index (χ3n) is 18.7. The minimum Gasteiger partial charge on any atom is -0.348 e. The number of carbonyl (C=O) groups is 10. The summed E-state index contributed by atoms with van der Waals surface area (Å²) in [5, 5.41) is 3.96. The topological polar surface area (TPSA) is 229 Å². The van der Waals surface area contributed by atoms with Crippen LogP contribution in [0.1, 0.15) is 193 Å². The van der Waals surface area contributed by atoms with Crippen LogP contribution < -0.4 is 15.9 Å². The van der Waals surface area contributed by atoms with Crippen LogP contribution in [0.3, 0.4) is 0 Å². The molecule has 20 heteroatoms. The molecule has 9 aromatic rings. The van der Waals surface area contributed by atoms with Gasteiger partial charge in [0.2, 0.25) is 11.6 Å². The molecule has 0 unspecified atom stereocenters. The third kappa shape index (κ3) is 20.5. The molecule has 0 bridgehead atoms. The number of aryl methyl sites for hydroxylation is 6. The summed E-state index contributed by atoms with van der Waals surface area (Å²) in [6, 6.07) is 39.0. The first-order chi connectivity index (χ1) is 48.4. The van der Waals surface area contributed by atoms with Gasteiger partial charge >= 0.3 is 0 Å². The highest BCUT2D eigenvalue weighted by Crippen LogP contribution is 2.56. The van der Waals surface area contributed by atoms with Crippen LogP contribution >= 0.6 is 7.26 Å². The van der Waals surface area contributed by atoms with Crippen molar-refractivity contribution >= 4 is 81.0 Å². The molecule has 0 spiro atoms. The van der Waals surface area contributed by atoms with Crippen molar-refractivity contribution in [3.63, 3.8) is 0 Å². The predicted molar refractivity (Wildman–Crippen MR) is 394 cm³/mol. The molecule has 0 saturated heterocycles. The van der Waals surface area contributed by atoms with Crippen LogP contribution in [0.15, 0.2) is 152 Å². The number of carbonyl (C=O) groups excluding carboxylic acids is 10. The Bertz CT molecular complexity index is 4350. The Morgan fingerprint density at radius 2 is 0.634 bits per heavy atom. The van der Waals surface area contributed by atoms with Gasteiger partial charge in [0.1, 0.15) is 46.3 Å². The molecule has 0 aliphatic heterocycles. The van der Waals surface area contributed by atoms with Gasteiger partial charge in [-0.25, -0.2) is 9.97 Å². The van der Waals surface area contributed by atoms with E-state index >= 15 is 0 Å². The summed E-state index contributed by atoms with van der Waals surface area (Å²) in [7, 11) is 12.4. The molecule has 6 aromatic heterocycles. The van der Waals surface area contributed by atoms with E-state index in [0.29, 0.717) is 94.9 Å². The maximum absolute atomic E-state index is 13.7. The van der Waals surface area contributed by atoms with Crippen molar-refractivity contribution in [1.29, 1.82) is 0 Å². The van der Waals surface area contributed by atoms with Crippen LogP contribution in [-0.2, 0) is 100.0 Å². The number of hydrogen-bond donors (Lipinski definition) is 0. The Balaban J connectivity index is 0.670. The zero-order chi connectivity index (χ0) is 72.3. The fourth-order valence-electron chi connectivity index (χ4n) is 13.6. The van der Waals surface area contributed by atoms with E-state index < -0.39 is 7.26 Å². The number of aromatic nitrogens is 8. The molecular formula is C81H95N9O10P+. The van der Waals surface area contributed by atoms with E-state index in [1.54, 1.807) is 131 Å². The minimum atomic E-state index is -1.98. The Hall–Kier alpha value is -9.71. The average molecular weight is 1390 g/mol. The summed E-state index contributed by atoms with van der Waals surface area (Å²) >= 11 is 0. The first kappa shape index (κ1) is 75.5. The van der Waals surface area contributed by atoms with E-state index in [9.17, 15) is 47.9 Å². The van der Waals surface area contributed by atoms with Gasteiger partial charge in [0.15, 0.2) is 34.8 Å². The summed E-state index contributed by atoms with van der Waals surface area (Å²) in [4.78, 5) is 144. The van der Waals surface area contributed by atoms with Crippen molar-refractivity contribution < 1.29 is 47.9 Å². The SMILES string of the molecule is CN(C)CCCCC(=O)CCCC(=O)c1cc(CC(=O)c2cc(CC(=O)c3nc(CC(=O)CCCC(=O)c4cc(CC(=O)c5cc(CC(=O)c6nc(CC(=O)CCCC(=O)CCCC[P+](c7ccccc7)(c7ccccc7)c7ccccc7)cn6C)cn5C)cn4C)cn3C)cn2C)cn1C. The first-order valence-corrected chi connectivity index (χ1v) is 37.0. The average Bonchev–Trinajstić information content (AvgIpc) is 1.48. The second-order valence-electron chi connectivity index (χ2n) is 27.3. The Morgan fingerprint density at radius 1 is 0.327 bits per heavy atom. The van der Waals surface area contributed by atoms with Gasteiger partial charge in [0, 0.05) is 157 Å². The number of hydrogen-bond acceptors (Lipinski definition) is 13. The lowest BCUT2D eigenvalue weighted by Crippen LogP contribution is -2.33. The number of Topliss-reactive ketones (excluding diaryl/α,β-unsaturated/α-hetero) is 10. The van der Waals surface area contributed by atoms with Crippen molar-refractivity contribution in [1.82, 2.24) is 42.3 Å². The molecule has 0 amide bonds. The molecule has 9 rings (SSSR count). The largest absolute Gasteiger partial charge is 0.348 e.